The Kier molecular flexibility index (Phi) is 2.72. The zero-order chi connectivity index (χ0) is 14.4. The molecule has 1 heterocycles. The Morgan fingerprint density at radius 1 is 1.00 bits per heavy atom. The minimum Gasteiger partial charge on any atom is -0.506 e. The minimum absolute atomic E-state index is 0.209. The number of aromatic hydroxyl groups is 1. The van der Waals surface area contributed by atoms with Crippen molar-refractivity contribution >= 4 is 29.1 Å². The maximum Gasteiger partial charge on any atom is 0.266 e. The molecule has 3 rings (SSSR count). The number of hydrogen-bond acceptors (Lipinski definition) is 3. The monoisotopic (exact) mass is 291 g/mol. The van der Waals surface area contributed by atoms with Crippen molar-refractivity contribution in [3.05, 3.63) is 58.4 Å². The van der Waals surface area contributed by atoms with Crippen LogP contribution in [0, 0.1) is 5.82 Å². The first kappa shape index (κ1) is 12.6. The number of halogens is 2. The molecule has 1 aliphatic rings. The summed E-state index contributed by atoms with van der Waals surface area (Å²) in [5, 5.41) is 8.78. The van der Waals surface area contributed by atoms with Crippen molar-refractivity contribution in [2.75, 3.05) is 4.90 Å². The highest BCUT2D eigenvalue weighted by molar-refractivity contribution is 6.36. The van der Waals surface area contributed by atoms with E-state index in [9.17, 15) is 19.1 Å². The molecule has 0 radical (unpaired) electrons. The number of carbonyl (C=O) groups excluding carboxylic acids is 2. The number of amides is 2. The maximum atomic E-state index is 14.0. The van der Waals surface area contributed by atoms with E-state index in [0.717, 1.165) is 12.1 Å². The number of anilines is 1. The average Bonchev–Trinajstić information content (AvgIpc) is 2.70. The Balaban J connectivity index is 2.17. The van der Waals surface area contributed by atoms with Gasteiger partial charge >= 0.3 is 0 Å². The van der Waals surface area contributed by atoms with Crippen LogP contribution < -0.4 is 4.90 Å². The molecular formula is C14H7ClFNO3. The van der Waals surface area contributed by atoms with Gasteiger partial charge < -0.3 is 5.11 Å². The highest BCUT2D eigenvalue weighted by Crippen LogP contribution is 2.36. The average molecular weight is 292 g/mol. The fourth-order valence-electron chi connectivity index (χ4n) is 2.11. The summed E-state index contributed by atoms with van der Waals surface area (Å²) in [5.74, 6) is -2.71. The molecule has 1 aliphatic heterocycles. The molecule has 2 aromatic rings. The van der Waals surface area contributed by atoms with Crippen LogP contribution in [-0.4, -0.2) is 16.9 Å². The standard InChI is InChI=1S/C14H7ClFNO3/c15-11-10(18)6-5-9(12(11)16)17-13(19)7-3-1-2-4-8(7)14(17)20/h1-6,18H. The van der Waals surface area contributed by atoms with E-state index in [4.69, 9.17) is 11.6 Å². The van der Waals surface area contributed by atoms with Crippen molar-refractivity contribution in [3.63, 3.8) is 0 Å². The molecule has 100 valence electrons. The summed E-state index contributed by atoms with van der Waals surface area (Å²) in [6, 6.07) is 8.49. The number of phenolic OH excluding ortho intramolecular Hbond substituents is 1. The van der Waals surface area contributed by atoms with Crippen LogP contribution in [0.2, 0.25) is 5.02 Å². The lowest BCUT2D eigenvalue weighted by atomic mass is 10.1. The Labute approximate surface area is 118 Å². The molecule has 0 unspecified atom stereocenters. The molecular weight excluding hydrogens is 285 g/mol. The first-order valence-corrected chi connectivity index (χ1v) is 6.05. The zero-order valence-corrected chi connectivity index (χ0v) is 10.7. The van der Waals surface area contributed by atoms with Crippen molar-refractivity contribution in [2.24, 2.45) is 0 Å². The number of phenols is 1. The topological polar surface area (TPSA) is 57.6 Å². The quantitative estimate of drug-likeness (QED) is 0.822. The minimum atomic E-state index is -1.01. The Morgan fingerprint density at radius 2 is 1.55 bits per heavy atom. The molecule has 20 heavy (non-hydrogen) atoms. The number of imide groups is 1. The van der Waals surface area contributed by atoms with Crippen LogP contribution in [0.1, 0.15) is 20.7 Å². The van der Waals surface area contributed by atoms with Gasteiger partial charge in [-0.15, -0.1) is 0 Å². The SMILES string of the molecule is O=C1c2ccccc2C(=O)N1c1ccc(O)c(Cl)c1F. The van der Waals surface area contributed by atoms with Gasteiger partial charge in [0.1, 0.15) is 10.8 Å². The second-order valence-corrected chi connectivity index (χ2v) is 4.60. The molecule has 2 aromatic carbocycles. The second kappa shape index (κ2) is 4.31. The van der Waals surface area contributed by atoms with Crippen LogP contribution >= 0.6 is 11.6 Å². The van der Waals surface area contributed by atoms with Crippen LogP contribution in [0.5, 0.6) is 5.75 Å². The van der Waals surface area contributed by atoms with E-state index in [-0.39, 0.29) is 16.8 Å². The summed E-state index contributed by atoms with van der Waals surface area (Å²) in [5.41, 5.74) is 0.140. The van der Waals surface area contributed by atoms with Gasteiger partial charge in [-0.25, -0.2) is 9.29 Å². The molecule has 0 saturated carbocycles. The van der Waals surface area contributed by atoms with E-state index < -0.39 is 28.4 Å². The lowest BCUT2D eigenvalue weighted by Crippen LogP contribution is -2.30. The van der Waals surface area contributed by atoms with E-state index in [0.29, 0.717) is 4.90 Å². The molecule has 0 fully saturated rings. The maximum absolute atomic E-state index is 14.0. The molecule has 4 nitrogen and oxygen atoms in total. The van der Waals surface area contributed by atoms with Gasteiger partial charge in [0.25, 0.3) is 11.8 Å². The third-order valence-corrected chi connectivity index (χ3v) is 3.44. The molecule has 0 aliphatic carbocycles. The summed E-state index contributed by atoms with van der Waals surface area (Å²) in [6.07, 6.45) is 0. The molecule has 0 saturated heterocycles. The van der Waals surface area contributed by atoms with Gasteiger partial charge in [-0.3, -0.25) is 9.59 Å². The Hall–Kier alpha value is -2.40. The van der Waals surface area contributed by atoms with E-state index in [1.807, 2.05) is 0 Å². The molecule has 1 N–H and O–H groups in total. The van der Waals surface area contributed by atoms with E-state index in [1.165, 1.54) is 12.1 Å². The summed E-state index contributed by atoms with van der Waals surface area (Å²) in [4.78, 5) is 25.1. The Morgan fingerprint density at radius 3 is 2.10 bits per heavy atom. The van der Waals surface area contributed by atoms with Crippen LogP contribution in [0.15, 0.2) is 36.4 Å². The number of benzene rings is 2. The molecule has 0 aromatic heterocycles. The lowest BCUT2D eigenvalue weighted by Gasteiger charge is -2.15. The first-order chi connectivity index (χ1) is 9.52. The normalized spacial score (nSPS) is 13.8. The van der Waals surface area contributed by atoms with Gasteiger partial charge in [-0.1, -0.05) is 23.7 Å². The number of rotatable bonds is 1. The van der Waals surface area contributed by atoms with Crippen molar-refractivity contribution in [1.29, 1.82) is 0 Å². The predicted molar refractivity (Wildman–Crippen MR) is 70.7 cm³/mol. The molecule has 0 spiro atoms. The van der Waals surface area contributed by atoms with Crippen LogP contribution in [0.25, 0.3) is 0 Å². The summed E-state index contributed by atoms with van der Waals surface area (Å²) < 4.78 is 14.0. The third kappa shape index (κ3) is 1.60. The Bertz CT molecular complexity index is 725. The van der Waals surface area contributed by atoms with Gasteiger partial charge in [0, 0.05) is 0 Å². The molecule has 0 atom stereocenters. The summed E-state index contributed by atoms with van der Waals surface area (Å²) in [6.45, 7) is 0. The molecule has 2 amide bonds. The highest BCUT2D eigenvalue weighted by Gasteiger charge is 2.38. The smallest absolute Gasteiger partial charge is 0.266 e. The lowest BCUT2D eigenvalue weighted by molar-refractivity contribution is 0.0925. The van der Waals surface area contributed by atoms with Crippen molar-refractivity contribution < 1.29 is 19.1 Å². The summed E-state index contributed by atoms with van der Waals surface area (Å²) in [7, 11) is 0. The predicted octanol–water partition coefficient (Wildman–Crippen LogP) is 2.99. The van der Waals surface area contributed by atoms with E-state index in [1.54, 1.807) is 12.1 Å². The fraction of sp³-hybridized carbons (Fsp3) is 0. The van der Waals surface area contributed by atoms with Gasteiger partial charge in [0.2, 0.25) is 0 Å². The van der Waals surface area contributed by atoms with E-state index >= 15 is 0 Å². The van der Waals surface area contributed by atoms with E-state index in [2.05, 4.69) is 0 Å². The van der Waals surface area contributed by atoms with Gasteiger partial charge in [0.15, 0.2) is 5.82 Å². The summed E-state index contributed by atoms with van der Waals surface area (Å²) >= 11 is 5.59. The van der Waals surface area contributed by atoms with Crippen LogP contribution in [0.4, 0.5) is 10.1 Å². The van der Waals surface area contributed by atoms with Crippen molar-refractivity contribution in [3.8, 4) is 5.75 Å². The second-order valence-electron chi connectivity index (χ2n) is 4.22. The largest absolute Gasteiger partial charge is 0.506 e. The van der Waals surface area contributed by atoms with Gasteiger partial charge in [-0.2, -0.15) is 0 Å². The number of fused-ring (bicyclic) bond motifs is 1. The van der Waals surface area contributed by atoms with Gasteiger partial charge in [0.05, 0.1) is 16.8 Å². The molecule has 0 bridgehead atoms. The number of hydrogen-bond donors (Lipinski definition) is 1. The van der Waals surface area contributed by atoms with Crippen molar-refractivity contribution in [2.45, 2.75) is 0 Å². The first-order valence-electron chi connectivity index (χ1n) is 5.67. The van der Waals surface area contributed by atoms with Crippen molar-refractivity contribution in [1.82, 2.24) is 0 Å². The number of carbonyl (C=O) groups is 2. The van der Waals surface area contributed by atoms with Gasteiger partial charge in [-0.05, 0) is 24.3 Å². The van der Waals surface area contributed by atoms with Crippen LogP contribution in [0.3, 0.4) is 0 Å². The zero-order valence-electron chi connectivity index (χ0n) is 9.93. The third-order valence-electron chi connectivity index (χ3n) is 3.08. The molecule has 6 heteroatoms. The highest BCUT2D eigenvalue weighted by atomic mass is 35.5. The number of nitrogens with zero attached hydrogens (tertiary/aromatic N) is 1. The van der Waals surface area contributed by atoms with Crippen LogP contribution in [-0.2, 0) is 0 Å². The fourth-order valence-corrected chi connectivity index (χ4v) is 2.27.